The number of carbonyl (C=O) groups excluding carboxylic acids is 1. The summed E-state index contributed by atoms with van der Waals surface area (Å²) in [5, 5.41) is 9.60. The van der Waals surface area contributed by atoms with Crippen LogP contribution in [-0.4, -0.2) is 29.2 Å². The average molecular weight is 169 g/mol. The minimum atomic E-state index is -0.738. The van der Waals surface area contributed by atoms with Crippen LogP contribution in [0.3, 0.4) is 0 Å². The highest BCUT2D eigenvalue weighted by Crippen LogP contribution is 2.32. The molecule has 1 amide bonds. The molecule has 0 bridgehead atoms. The second-order valence-corrected chi connectivity index (χ2v) is 4.17. The number of rotatable bonds is 0. The maximum Gasteiger partial charge on any atom is 0.248 e. The lowest BCUT2D eigenvalue weighted by Gasteiger charge is -2.26. The highest BCUT2D eigenvalue weighted by atomic mass is 16.3. The summed E-state index contributed by atoms with van der Waals surface area (Å²) < 4.78 is 0. The molecule has 0 saturated heterocycles. The quantitative estimate of drug-likeness (QED) is 0.581. The third-order valence-corrected chi connectivity index (χ3v) is 2.14. The molecule has 0 radical (unpaired) electrons. The molecule has 0 fully saturated rings. The maximum absolute atomic E-state index is 11.1. The third-order valence-electron chi connectivity index (χ3n) is 2.14. The van der Waals surface area contributed by atoms with Crippen LogP contribution in [0.1, 0.15) is 20.8 Å². The van der Waals surface area contributed by atoms with Gasteiger partial charge < -0.3 is 10.0 Å². The molecular weight excluding hydrogens is 154 g/mol. The van der Waals surface area contributed by atoms with Crippen molar-refractivity contribution in [2.24, 2.45) is 5.41 Å². The molecule has 1 aliphatic rings. The minimum absolute atomic E-state index is 0.118. The molecule has 1 heterocycles. The van der Waals surface area contributed by atoms with Gasteiger partial charge in [-0.25, -0.2) is 0 Å². The molecule has 0 aromatic heterocycles. The molecule has 0 aromatic rings. The summed E-state index contributed by atoms with van der Waals surface area (Å²) in [6, 6.07) is 0. The van der Waals surface area contributed by atoms with Crippen LogP contribution in [0.15, 0.2) is 11.6 Å². The van der Waals surface area contributed by atoms with Crippen molar-refractivity contribution in [2.45, 2.75) is 27.0 Å². The molecule has 1 unspecified atom stereocenters. The molecule has 0 spiro atoms. The molecule has 0 aromatic carbocycles. The van der Waals surface area contributed by atoms with E-state index in [9.17, 15) is 9.90 Å². The number of carbonyl (C=O) groups is 1. The van der Waals surface area contributed by atoms with Gasteiger partial charge >= 0.3 is 0 Å². The summed E-state index contributed by atoms with van der Waals surface area (Å²) in [6.07, 6.45) is 0.780. The Morgan fingerprint density at radius 3 is 2.17 bits per heavy atom. The van der Waals surface area contributed by atoms with Crippen molar-refractivity contribution < 1.29 is 9.90 Å². The summed E-state index contributed by atoms with van der Waals surface area (Å²) in [5.41, 5.74) is 0.648. The van der Waals surface area contributed by atoms with Crippen LogP contribution in [0.4, 0.5) is 0 Å². The molecule has 0 aliphatic carbocycles. The average Bonchev–Trinajstić information content (AvgIpc) is 2.15. The Hall–Kier alpha value is -0.830. The van der Waals surface area contributed by atoms with Gasteiger partial charge in [0.1, 0.15) is 0 Å². The summed E-state index contributed by atoms with van der Waals surface area (Å²) >= 11 is 0. The van der Waals surface area contributed by atoms with E-state index in [0.717, 1.165) is 5.57 Å². The number of aliphatic hydroxyl groups is 1. The number of aliphatic hydroxyl groups excluding tert-OH is 1. The molecule has 12 heavy (non-hydrogen) atoms. The van der Waals surface area contributed by atoms with Gasteiger partial charge in [-0.1, -0.05) is 20.8 Å². The van der Waals surface area contributed by atoms with Gasteiger partial charge in [0.25, 0.3) is 0 Å². The Kier molecular flexibility index (Phi) is 2.00. The Morgan fingerprint density at radius 1 is 1.50 bits per heavy atom. The predicted octanol–water partition coefficient (Wildman–Crippen LogP) is 0.749. The Balaban J connectivity index is 2.95. The largest absolute Gasteiger partial charge is 0.369 e. The van der Waals surface area contributed by atoms with Crippen LogP contribution in [0.2, 0.25) is 0 Å². The highest BCUT2D eigenvalue weighted by Gasteiger charge is 2.34. The Labute approximate surface area is 72.7 Å². The van der Waals surface area contributed by atoms with E-state index >= 15 is 0 Å². The van der Waals surface area contributed by atoms with E-state index in [0.29, 0.717) is 0 Å². The fourth-order valence-corrected chi connectivity index (χ4v) is 1.24. The van der Waals surface area contributed by atoms with Crippen molar-refractivity contribution in [3.05, 3.63) is 11.6 Å². The van der Waals surface area contributed by atoms with Crippen LogP contribution in [0.5, 0.6) is 0 Å². The zero-order valence-corrected chi connectivity index (χ0v) is 7.96. The van der Waals surface area contributed by atoms with E-state index in [2.05, 4.69) is 0 Å². The third kappa shape index (κ3) is 1.37. The highest BCUT2D eigenvalue weighted by molar-refractivity contribution is 5.91. The monoisotopic (exact) mass is 169 g/mol. The Bertz CT molecular complexity index is 237. The van der Waals surface area contributed by atoms with Crippen molar-refractivity contribution in [1.82, 2.24) is 4.90 Å². The van der Waals surface area contributed by atoms with Crippen LogP contribution in [0.25, 0.3) is 0 Å². The second kappa shape index (κ2) is 2.59. The van der Waals surface area contributed by atoms with Crippen molar-refractivity contribution >= 4 is 5.91 Å². The molecule has 1 aliphatic heterocycles. The SMILES string of the molecule is CN1C(=O)C=C(C(C)(C)C)C1O. The number of amides is 1. The summed E-state index contributed by atoms with van der Waals surface area (Å²) in [4.78, 5) is 12.5. The van der Waals surface area contributed by atoms with Crippen LogP contribution in [0, 0.1) is 5.41 Å². The fraction of sp³-hybridized carbons (Fsp3) is 0.667. The van der Waals surface area contributed by atoms with Gasteiger partial charge in [0, 0.05) is 13.1 Å². The first-order chi connectivity index (χ1) is 5.34. The lowest BCUT2D eigenvalue weighted by molar-refractivity contribution is -0.129. The van der Waals surface area contributed by atoms with Gasteiger partial charge in [-0.05, 0) is 11.0 Å². The molecular formula is C9H15NO2. The van der Waals surface area contributed by atoms with Gasteiger partial charge in [-0.3, -0.25) is 4.79 Å². The second-order valence-electron chi connectivity index (χ2n) is 4.17. The van der Waals surface area contributed by atoms with Crippen LogP contribution < -0.4 is 0 Å². The van der Waals surface area contributed by atoms with E-state index in [1.54, 1.807) is 7.05 Å². The van der Waals surface area contributed by atoms with Gasteiger partial charge in [0.2, 0.25) is 5.91 Å². The van der Waals surface area contributed by atoms with Gasteiger partial charge in [0.05, 0.1) is 0 Å². The van der Waals surface area contributed by atoms with Crippen LogP contribution in [-0.2, 0) is 4.79 Å². The molecule has 68 valence electrons. The molecule has 1 N–H and O–H groups in total. The van der Waals surface area contributed by atoms with E-state index in [1.807, 2.05) is 20.8 Å². The Morgan fingerprint density at radius 2 is 2.00 bits per heavy atom. The molecule has 1 rings (SSSR count). The number of hydrogen-bond donors (Lipinski definition) is 1. The predicted molar refractivity (Wildman–Crippen MR) is 46.3 cm³/mol. The van der Waals surface area contributed by atoms with Crippen LogP contribution >= 0.6 is 0 Å². The minimum Gasteiger partial charge on any atom is -0.369 e. The molecule has 3 nitrogen and oxygen atoms in total. The van der Waals surface area contributed by atoms with E-state index < -0.39 is 6.23 Å². The first kappa shape index (κ1) is 9.26. The zero-order chi connectivity index (χ0) is 9.52. The van der Waals surface area contributed by atoms with Gasteiger partial charge in [-0.15, -0.1) is 0 Å². The number of nitrogens with zero attached hydrogens (tertiary/aromatic N) is 1. The number of likely N-dealkylation sites (N-methyl/N-ethyl adjacent to an activating group) is 1. The molecule has 3 heteroatoms. The summed E-state index contributed by atoms with van der Waals surface area (Å²) in [6.45, 7) is 5.94. The number of hydrogen-bond acceptors (Lipinski definition) is 2. The maximum atomic E-state index is 11.1. The summed E-state index contributed by atoms with van der Waals surface area (Å²) in [7, 11) is 1.60. The van der Waals surface area contributed by atoms with Crippen molar-refractivity contribution in [3.8, 4) is 0 Å². The van der Waals surface area contributed by atoms with Crippen molar-refractivity contribution in [1.29, 1.82) is 0 Å². The smallest absolute Gasteiger partial charge is 0.248 e. The lowest BCUT2D eigenvalue weighted by atomic mass is 9.86. The van der Waals surface area contributed by atoms with E-state index in [4.69, 9.17) is 0 Å². The van der Waals surface area contributed by atoms with E-state index in [1.165, 1.54) is 11.0 Å². The first-order valence-corrected chi connectivity index (χ1v) is 4.01. The normalized spacial score (nSPS) is 24.8. The van der Waals surface area contributed by atoms with Gasteiger partial charge in [-0.2, -0.15) is 0 Å². The first-order valence-electron chi connectivity index (χ1n) is 4.01. The molecule has 0 saturated carbocycles. The topological polar surface area (TPSA) is 40.5 Å². The van der Waals surface area contributed by atoms with Crippen molar-refractivity contribution in [3.63, 3.8) is 0 Å². The molecule has 1 atom stereocenters. The standard InChI is InChI=1S/C9H15NO2/c1-9(2,3)6-5-7(11)10(4)8(6)12/h5,8,12H,1-4H3. The zero-order valence-electron chi connectivity index (χ0n) is 7.96. The summed E-state index contributed by atoms with van der Waals surface area (Å²) in [5.74, 6) is -0.118. The van der Waals surface area contributed by atoms with E-state index in [-0.39, 0.29) is 11.3 Å². The van der Waals surface area contributed by atoms with Crippen molar-refractivity contribution in [2.75, 3.05) is 7.05 Å². The lowest BCUT2D eigenvalue weighted by Crippen LogP contribution is -2.33. The fourth-order valence-electron chi connectivity index (χ4n) is 1.24. The van der Waals surface area contributed by atoms with Gasteiger partial charge in [0.15, 0.2) is 6.23 Å².